The van der Waals surface area contributed by atoms with Crippen LogP contribution in [0.3, 0.4) is 0 Å². The zero-order valence-corrected chi connectivity index (χ0v) is 14.4. The third kappa shape index (κ3) is 3.69. The summed E-state index contributed by atoms with van der Waals surface area (Å²) in [6.45, 7) is 4.39. The van der Waals surface area contributed by atoms with Crippen LogP contribution in [0.4, 0.5) is 5.82 Å². The summed E-state index contributed by atoms with van der Waals surface area (Å²) in [5.74, 6) is 0.527. The first-order valence-corrected chi connectivity index (χ1v) is 8.13. The van der Waals surface area contributed by atoms with Gasteiger partial charge in [0.25, 0.3) is 5.91 Å². The Hall–Kier alpha value is -2.74. The maximum atomic E-state index is 12.8. The van der Waals surface area contributed by atoms with Crippen LogP contribution in [0.1, 0.15) is 33.5 Å². The summed E-state index contributed by atoms with van der Waals surface area (Å²) >= 11 is 0. The molecule has 0 aliphatic carbocycles. The highest BCUT2D eigenvalue weighted by atomic mass is 16.5. The van der Waals surface area contributed by atoms with E-state index in [2.05, 4.69) is 20.1 Å². The van der Waals surface area contributed by atoms with Gasteiger partial charge >= 0.3 is 0 Å². The molecule has 0 saturated carbocycles. The van der Waals surface area contributed by atoms with E-state index in [0.717, 1.165) is 11.4 Å². The normalized spacial score (nSPS) is 14.2. The van der Waals surface area contributed by atoms with Gasteiger partial charge in [0.2, 0.25) is 0 Å². The Morgan fingerprint density at radius 2 is 2.20 bits per heavy atom. The molecule has 1 aliphatic rings. The number of aromatic amines is 1. The van der Waals surface area contributed by atoms with Crippen molar-refractivity contribution in [1.29, 1.82) is 0 Å². The Labute approximate surface area is 145 Å². The summed E-state index contributed by atoms with van der Waals surface area (Å²) in [6.07, 6.45) is 1.75. The van der Waals surface area contributed by atoms with E-state index < -0.39 is 0 Å². The number of aromatic nitrogens is 3. The number of nitrogens with one attached hydrogen (secondary N) is 1. The maximum Gasteiger partial charge on any atom is 0.272 e. The lowest BCUT2D eigenvalue weighted by Crippen LogP contribution is -2.36. The third-order valence-corrected chi connectivity index (χ3v) is 4.19. The van der Waals surface area contributed by atoms with Crippen molar-refractivity contribution in [3.05, 3.63) is 41.3 Å². The number of anilines is 1. The third-order valence-electron chi connectivity index (χ3n) is 4.19. The van der Waals surface area contributed by atoms with Gasteiger partial charge in [0.1, 0.15) is 17.2 Å². The average molecular weight is 343 g/mol. The Bertz CT molecular complexity index is 773. The van der Waals surface area contributed by atoms with E-state index in [1.54, 1.807) is 18.2 Å². The predicted molar refractivity (Wildman–Crippen MR) is 91.7 cm³/mol. The van der Waals surface area contributed by atoms with Gasteiger partial charge in [-0.1, -0.05) is 6.07 Å². The Balaban J connectivity index is 1.82. The van der Waals surface area contributed by atoms with E-state index in [9.17, 15) is 9.59 Å². The quantitative estimate of drug-likeness (QED) is 0.818. The summed E-state index contributed by atoms with van der Waals surface area (Å²) in [5, 5.41) is 6.56. The first kappa shape index (κ1) is 17.1. The summed E-state index contributed by atoms with van der Waals surface area (Å²) in [5.41, 5.74) is 1.57. The molecule has 2 aromatic heterocycles. The molecule has 1 amide bonds. The number of nitrogens with zero attached hydrogens (tertiary/aromatic N) is 4. The molecule has 0 radical (unpaired) electrons. The van der Waals surface area contributed by atoms with E-state index in [0.29, 0.717) is 38.5 Å². The van der Waals surface area contributed by atoms with Crippen molar-refractivity contribution in [2.75, 3.05) is 38.3 Å². The van der Waals surface area contributed by atoms with Crippen molar-refractivity contribution in [1.82, 2.24) is 20.1 Å². The van der Waals surface area contributed by atoms with Gasteiger partial charge in [-0.05, 0) is 12.1 Å². The first-order chi connectivity index (χ1) is 12.1. The molecule has 0 unspecified atom stereocenters. The molecule has 0 saturated heterocycles. The molecule has 25 heavy (non-hydrogen) atoms. The molecule has 8 heteroatoms. The second-order valence-corrected chi connectivity index (χ2v) is 5.92. The standard InChI is InChI=1S/C17H21N5O3/c1-12(23)14-10-15(20-19-14)17(24)22-7-6-21(8-9-25-2)16-13(11-22)4-3-5-18-16/h3-5,10H,6-9,11H2,1-2H3,(H,19,20). The largest absolute Gasteiger partial charge is 0.383 e. The molecule has 0 spiro atoms. The van der Waals surface area contributed by atoms with E-state index in [4.69, 9.17) is 4.74 Å². The van der Waals surface area contributed by atoms with Crippen molar-refractivity contribution in [3.63, 3.8) is 0 Å². The summed E-state index contributed by atoms with van der Waals surface area (Å²) < 4.78 is 5.17. The molecule has 3 rings (SSSR count). The molecule has 1 aliphatic heterocycles. The second-order valence-electron chi connectivity index (χ2n) is 5.92. The van der Waals surface area contributed by atoms with E-state index >= 15 is 0 Å². The van der Waals surface area contributed by atoms with Gasteiger partial charge < -0.3 is 14.5 Å². The number of methoxy groups -OCH3 is 1. The van der Waals surface area contributed by atoms with Crippen LogP contribution in [0, 0.1) is 0 Å². The number of carbonyl (C=O) groups excluding carboxylic acids is 2. The average Bonchev–Trinajstić information content (AvgIpc) is 3.04. The molecule has 0 aromatic carbocycles. The van der Waals surface area contributed by atoms with Crippen LogP contribution >= 0.6 is 0 Å². The fourth-order valence-corrected chi connectivity index (χ4v) is 2.84. The van der Waals surface area contributed by atoms with Gasteiger partial charge in [-0.15, -0.1) is 0 Å². The van der Waals surface area contributed by atoms with Gasteiger partial charge in [0.15, 0.2) is 5.78 Å². The molecule has 3 heterocycles. The smallest absolute Gasteiger partial charge is 0.272 e. The van der Waals surface area contributed by atoms with Gasteiger partial charge in [0, 0.05) is 52.0 Å². The minimum absolute atomic E-state index is 0.175. The summed E-state index contributed by atoms with van der Waals surface area (Å²) in [4.78, 5) is 32.5. The number of H-pyrrole nitrogens is 1. The Morgan fingerprint density at radius 1 is 1.36 bits per heavy atom. The number of rotatable bonds is 5. The van der Waals surface area contributed by atoms with Crippen molar-refractivity contribution in [2.24, 2.45) is 0 Å². The van der Waals surface area contributed by atoms with Crippen molar-refractivity contribution in [2.45, 2.75) is 13.5 Å². The fourth-order valence-electron chi connectivity index (χ4n) is 2.84. The highest BCUT2D eigenvalue weighted by Crippen LogP contribution is 2.23. The maximum absolute atomic E-state index is 12.8. The van der Waals surface area contributed by atoms with Crippen molar-refractivity contribution >= 4 is 17.5 Å². The van der Waals surface area contributed by atoms with Crippen LogP contribution in [0.5, 0.6) is 0 Å². The molecular formula is C17H21N5O3. The number of ketones is 1. The first-order valence-electron chi connectivity index (χ1n) is 8.13. The summed E-state index contributed by atoms with van der Waals surface area (Å²) in [6, 6.07) is 5.34. The van der Waals surface area contributed by atoms with Crippen LogP contribution in [-0.4, -0.2) is 65.1 Å². The molecule has 8 nitrogen and oxygen atoms in total. The molecule has 132 valence electrons. The Kier molecular flexibility index (Phi) is 5.08. The fraction of sp³-hybridized carbons (Fsp3) is 0.412. The van der Waals surface area contributed by atoms with Gasteiger partial charge in [-0.3, -0.25) is 14.7 Å². The zero-order valence-electron chi connectivity index (χ0n) is 14.4. The lowest BCUT2D eigenvalue weighted by Gasteiger charge is -2.23. The SMILES string of the molecule is COCCN1CCN(C(=O)c2cc(C(C)=O)n[nH]2)Cc2cccnc21. The van der Waals surface area contributed by atoms with Crippen molar-refractivity contribution in [3.8, 4) is 0 Å². The van der Waals surface area contributed by atoms with Crippen molar-refractivity contribution < 1.29 is 14.3 Å². The van der Waals surface area contributed by atoms with Gasteiger partial charge in [-0.2, -0.15) is 5.10 Å². The minimum atomic E-state index is -0.177. The molecular weight excluding hydrogens is 322 g/mol. The number of hydrogen-bond donors (Lipinski definition) is 1. The zero-order chi connectivity index (χ0) is 17.8. The Morgan fingerprint density at radius 3 is 2.92 bits per heavy atom. The van der Waals surface area contributed by atoms with Gasteiger partial charge in [0.05, 0.1) is 6.61 Å². The highest BCUT2D eigenvalue weighted by molar-refractivity contribution is 5.97. The predicted octanol–water partition coefficient (Wildman–Crippen LogP) is 1.12. The monoisotopic (exact) mass is 343 g/mol. The summed E-state index contributed by atoms with van der Waals surface area (Å²) in [7, 11) is 1.66. The lowest BCUT2D eigenvalue weighted by molar-refractivity contribution is 0.0745. The number of ether oxygens (including phenoxy) is 1. The highest BCUT2D eigenvalue weighted by Gasteiger charge is 2.25. The van der Waals surface area contributed by atoms with Gasteiger partial charge in [-0.25, -0.2) is 4.98 Å². The molecule has 1 N–H and O–H groups in total. The number of hydrogen-bond acceptors (Lipinski definition) is 6. The van der Waals surface area contributed by atoms with Crippen LogP contribution in [0.25, 0.3) is 0 Å². The number of amides is 1. The second kappa shape index (κ2) is 7.43. The van der Waals surface area contributed by atoms with E-state index in [1.165, 1.54) is 13.0 Å². The molecule has 0 bridgehead atoms. The number of pyridine rings is 1. The number of Topliss-reactive ketones (excluding diaryl/α,β-unsaturated/α-hetero) is 1. The molecule has 2 aromatic rings. The topological polar surface area (TPSA) is 91.4 Å². The number of fused-ring (bicyclic) bond motifs is 1. The van der Waals surface area contributed by atoms with Crippen LogP contribution in [0.15, 0.2) is 24.4 Å². The van der Waals surface area contributed by atoms with E-state index in [-0.39, 0.29) is 17.4 Å². The minimum Gasteiger partial charge on any atom is -0.383 e. The van der Waals surface area contributed by atoms with Crippen LogP contribution in [-0.2, 0) is 11.3 Å². The lowest BCUT2D eigenvalue weighted by atomic mass is 10.2. The van der Waals surface area contributed by atoms with Crippen LogP contribution in [0.2, 0.25) is 0 Å². The van der Waals surface area contributed by atoms with E-state index in [1.807, 2.05) is 12.1 Å². The van der Waals surface area contributed by atoms with Crippen LogP contribution < -0.4 is 4.90 Å². The molecule has 0 fully saturated rings. The number of carbonyl (C=O) groups is 2. The molecule has 0 atom stereocenters.